The third-order valence-corrected chi connectivity index (χ3v) is 7.81. The summed E-state index contributed by atoms with van der Waals surface area (Å²) in [6, 6.07) is 9.07. The van der Waals surface area contributed by atoms with E-state index >= 15 is 0 Å². The van der Waals surface area contributed by atoms with Gasteiger partial charge >= 0.3 is 0 Å². The van der Waals surface area contributed by atoms with E-state index in [4.69, 9.17) is 11.6 Å². The minimum absolute atomic E-state index is 0.0105. The Labute approximate surface area is 185 Å². The summed E-state index contributed by atoms with van der Waals surface area (Å²) in [5.74, 6) is -0.0403. The molecular weight excluding hydrogens is 501 g/mol. The fourth-order valence-corrected chi connectivity index (χ4v) is 5.42. The molecule has 3 N–H and O–H groups in total. The molecule has 0 unspecified atom stereocenters. The highest BCUT2D eigenvalue weighted by Crippen LogP contribution is 2.32. The summed E-state index contributed by atoms with van der Waals surface area (Å²) in [6.07, 6.45) is -0.783. The lowest BCUT2D eigenvalue weighted by atomic mass is 10.2. The van der Waals surface area contributed by atoms with Gasteiger partial charge in [-0.2, -0.15) is 4.31 Å². The zero-order valence-electron chi connectivity index (χ0n) is 15.3. The fourth-order valence-electron chi connectivity index (χ4n) is 3.20. The average molecular weight is 517 g/mol. The highest BCUT2D eigenvalue weighted by atomic mass is 79.9. The molecule has 0 radical (unpaired) electrons. The molecule has 1 aliphatic rings. The molecule has 0 amide bonds. The minimum Gasteiger partial charge on any atom is -0.389 e. The van der Waals surface area contributed by atoms with Crippen LogP contribution in [0.2, 0.25) is 5.02 Å². The van der Waals surface area contributed by atoms with Crippen molar-refractivity contribution in [3.05, 3.63) is 57.9 Å². The molecular formula is C19H16BrClFN3O4S. The number of hydrogen-bond acceptors (Lipinski definition) is 5. The van der Waals surface area contributed by atoms with Crippen LogP contribution in [-0.4, -0.2) is 58.2 Å². The van der Waals surface area contributed by atoms with Gasteiger partial charge in [-0.1, -0.05) is 17.7 Å². The van der Waals surface area contributed by atoms with E-state index in [1.54, 1.807) is 18.2 Å². The summed E-state index contributed by atoms with van der Waals surface area (Å²) in [5.41, 5.74) is 1.60. The first-order valence-corrected chi connectivity index (χ1v) is 11.4. The molecule has 0 spiro atoms. The van der Waals surface area contributed by atoms with Crippen LogP contribution in [0.1, 0.15) is 0 Å². The van der Waals surface area contributed by atoms with E-state index in [-0.39, 0.29) is 23.0 Å². The number of nitrogens with one attached hydrogen (secondary N) is 1. The number of halogens is 3. The highest BCUT2D eigenvalue weighted by Gasteiger charge is 2.38. The maximum Gasteiger partial charge on any atom is 0.244 e. The highest BCUT2D eigenvalue weighted by molar-refractivity contribution is 9.10. The van der Waals surface area contributed by atoms with Gasteiger partial charge in [0.1, 0.15) is 16.5 Å². The second kappa shape index (κ2) is 8.03. The van der Waals surface area contributed by atoms with Gasteiger partial charge in [-0.3, -0.25) is 0 Å². The largest absolute Gasteiger partial charge is 0.389 e. The first kappa shape index (κ1) is 21.4. The number of imidazole rings is 1. The van der Waals surface area contributed by atoms with Gasteiger partial charge in [0.25, 0.3) is 0 Å². The maximum absolute atomic E-state index is 13.8. The molecule has 2 atom stereocenters. The summed E-state index contributed by atoms with van der Waals surface area (Å²) in [4.78, 5) is 7.16. The second-order valence-corrected chi connectivity index (χ2v) is 10.0. The SMILES string of the molecule is O=S(=O)(c1cc(-c2ncc(-c3ccc(Br)c(F)c3)[nH]2)ccc1Cl)N1C[C@H](O)[C@@H](O)C1. The van der Waals surface area contributed by atoms with Crippen LogP contribution in [0.5, 0.6) is 0 Å². The van der Waals surface area contributed by atoms with Gasteiger partial charge in [-0.15, -0.1) is 0 Å². The number of aromatic amines is 1. The Bertz CT molecular complexity index is 1210. The van der Waals surface area contributed by atoms with Crippen LogP contribution in [0.25, 0.3) is 22.6 Å². The van der Waals surface area contributed by atoms with Crippen LogP contribution in [0.15, 0.2) is 52.0 Å². The number of H-pyrrole nitrogens is 1. The van der Waals surface area contributed by atoms with E-state index < -0.39 is 28.0 Å². The van der Waals surface area contributed by atoms with Crippen molar-refractivity contribution in [2.75, 3.05) is 13.1 Å². The Hall–Kier alpha value is -1.82. The van der Waals surface area contributed by atoms with Gasteiger partial charge in [0.15, 0.2) is 0 Å². The van der Waals surface area contributed by atoms with Crippen molar-refractivity contribution < 1.29 is 23.0 Å². The predicted octanol–water partition coefficient (Wildman–Crippen LogP) is 3.02. The lowest BCUT2D eigenvalue weighted by Crippen LogP contribution is -2.30. The number of benzene rings is 2. The molecule has 0 saturated carbocycles. The van der Waals surface area contributed by atoms with Gasteiger partial charge in [0, 0.05) is 24.2 Å². The Morgan fingerprint density at radius 2 is 1.80 bits per heavy atom. The van der Waals surface area contributed by atoms with Crippen LogP contribution in [0.4, 0.5) is 4.39 Å². The smallest absolute Gasteiger partial charge is 0.244 e. The third-order valence-electron chi connectivity index (χ3n) is 4.85. The van der Waals surface area contributed by atoms with Crippen LogP contribution in [-0.2, 0) is 10.0 Å². The molecule has 2 heterocycles. The number of aliphatic hydroxyl groups excluding tert-OH is 2. The molecule has 7 nitrogen and oxygen atoms in total. The van der Waals surface area contributed by atoms with Gasteiger partial charge in [0.05, 0.1) is 33.6 Å². The summed E-state index contributed by atoms with van der Waals surface area (Å²) >= 11 is 9.25. The summed E-state index contributed by atoms with van der Waals surface area (Å²) in [7, 11) is -4.04. The lowest BCUT2D eigenvalue weighted by molar-refractivity contribution is 0.0572. The molecule has 1 aromatic heterocycles. The van der Waals surface area contributed by atoms with Crippen LogP contribution >= 0.6 is 27.5 Å². The second-order valence-electron chi connectivity index (χ2n) is 6.88. The van der Waals surface area contributed by atoms with E-state index in [0.29, 0.717) is 27.1 Å². The van der Waals surface area contributed by atoms with Gasteiger partial charge < -0.3 is 15.2 Å². The van der Waals surface area contributed by atoms with E-state index in [1.807, 2.05) is 0 Å². The molecule has 158 valence electrons. The monoisotopic (exact) mass is 515 g/mol. The Morgan fingerprint density at radius 1 is 1.13 bits per heavy atom. The number of rotatable bonds is 4. The molecule has 3 aromatic rings. The number of β-amino-alcohol motifs (C(OH)–C–C–N with tert-alkyl or cyclic N) is 2. The van der Waals surface area contributed by atoms with Gasteiger partial charge in [-0.05, 0) is 46.3 Å². The number of aliphatic hydroxyl groups is 2. The summed E-state index contributed by atoms with van der Waals surface area (Å²) in [5, 5.41) is 19.4. The molecule has 1 saturated heterocycles. The van der Waals surface area contributed by atoms with Crippen molar-refractivity contribution in [2.45, 2.75) is 17.1 Å². The summed E-state index contributed by atoms with van der Waals surface area (Å²) in [6.45, 7) is -0.436. The molecule has 2 aromatic carbocycles. The maximum atomic E-state index is 13.8. The van der Waals surface area contributed by atoms with Crippen LogP contribution in [0, 0.1) is 5.82 Å². The molecule has 1 fully saturated rings. The normalized spacial score (nSPS) is 20.0. The fraction of sp³-hybridized carbons (Fsp3) is 0.211. The number of hydrogen-bond donors (Lipinski definition) is 3. The van der Waals surface area contributed by atoms with E-state index in [2.05, 4.69) is 25.9 Å². The average Bonchev–Trinajstić information content (AvgIpc) is 3.32. The Kier molecular flexibility index (Phi) is 5.73. The molecule has 4 rings (SSSR count). The van der Waals surface area contributed by atoms with Gasteiger partial charge in [0.2, 0.25) is 10.0 Å². The predicted molar refractivity (Wildman–Crippen MR) is 113 cm³/mol. The zero-order chi connectivity index (χ0) is 21.6. The van der Waals surface area contributed by atoms with Crippen molar-refractivity contribution in [3.8, 4) is 22.6 Å². The van der Waals surface area contributed by atoms with E-state index in [0.717, 1.165) is 4.31 Å². The minimum atomic E-state index is -4.04. The van der Waals surface area contributed by atoms with Crippen molar-refractivity contribution in [2.24, 2.45) is 0 Å². The molecule has 11 heteroatoms. The third kappa shape index (κ3) is 3.91. The van der Waals surface area contributed by atoms with Crippen LogP contribution in [0.3, 0.4) is 0 Å². The number of aromatic nitrogens is 2. The first-order valence-electron chi connectivity index (χ1n) is 8.83. The standard InChI is InChI=1S/C19H16BrClFN3O4S/c20-12-3-1-10(5-14(12)22)15-7-23-19(24-15)11-2-4-13(21)18(6-11)30(28,29)25-8-16(26)17(27)9-25/h1-7,16-17,26-27H,8-9H2,(H,23,24)/t16-,17-/m0/s1. The Morgan fingerprint density at radius 3 is 2.47 bits per heavy atom. The van der Waals surface area contributed by atoms with Crippen molar-refractivity contribution in [3.63, 3.8) is 0 Å². The van der Waals surface area contributed by atoms with E-state index in [1.165, 1.54) is 24.4 Å². The van der Waals surface area contributed by atoms with Gasteiger partial charge in [-0.25, -0.2) is 17.8 Å². The summed E-state index contributed by atoms with van der Waals surface area (Å²) < 4.78 is 41.1. The molecule has 1 aliphatic heterocycles. The van der Waals surface area contributed by atoms with E-state index in [9.17, 15) is 23.0 Å². The van der Waals surface area contributed by atoms with Crippen molar-refractivity contribution in [1.29, 1.82) is 0 Å². The zero-order valence-corrected chi connectivity index (χ0v) is 18.4. The molecule has 0 bridgehead atoms. The molecule has 30 heavy (non-hydrogen) atoms. The quantitative estimate of drug-likeness (QED) is 0.494. The Balaban J connectivity index is 1.69. The number of sulfonamides is 1. The van der Waals surface area contributed by atoms with Crippen LogP contribution < -0.4 is 0 Å². The molecule has 0 aliphatic carbocycles. The van der Waals surface area contributed by atoms with Crippen molar-refractivity contribution >= 4 is 37.6 Å². The topological polar surface area (TPSA) is 107 Å². The van der Waals surface area contributed by atoms with Crippen molar-refractivity contribution in [1.82, 2.24) is 14.3 Å². The first-order chi connectivity index (χ1) is 14.2. The lowest BCUT2D eigenvalue weighted by Gasteiger charge is -2.17. The number of nitrogens with zero attached hydrogens (tertiary/aromatic N) is 2.